The number of benzene rings is 1. The fourth-order valence-electron chi connectivity index (χ4n) is 3.73. The lowest BCUT2D eigenvalue weighted by molar-refractivity contribution is -0.122. The minimum Gasteiger partial charge on any atom is -0.495 e. The van der Waals surface area contributed by atoms with Gasteiger partial charge in [-0.3, -0.25) is 9.59 Å². The SMILES string of the molecule is COc1ccc(Cl)cc1N1CC(C(=O)Nc2ccnn2C(C)C2CC2)CC1=O. The van der Waals surface area contributed by atoms with Crippen molar-refractivity contribution in [1.82, 2.24) is 9.78 Å². The smallest absolute Gasteiger partial charge is 0.230 e. The minimum atomic E-state index is -0.448. The Morgan fingerprint density at radius 2 is 2.14 bits per heavy atom. The Morgan fingerprint density at radius 3 is 2.86 bits per heavy atom. The van der Waals surface area contributed by atoms with Gasteiger partial charge in [0.25, 0.3) is 0 Å². The fourth-order valence-corrected chi connectivity index (χ4v) is 3.90. The van der Waals surface area contributed by atoms with Gasteiger partial charge in [-0.1, -0.05) is 11.6 Å². The summed E-state index contributed by atoms with van der Waals surface area (Å²) in [6.07, 6.45) is 4.23. The number of hydrogen-bond donors (Lipinski definition) is 1. The predicted molar refractivity (Wildman–Crippen MR) is 107 cm³/mol. The van der Waals surface area contributed by atoms with Crippen molar-refractivity contribution in [3.63, 3.8) is 0 Å². The lowest BCUT2D eigenvalue weighted by atomic mass is 10.1. The molecule has 148 valence electrons. The first-order chi connectivity index (χ1) is 13.5. The normalized spacial score (nSPS) is 20.3. The average Bonchev–Trinajstić information content (AvgIpc) is 3.31. The number of methoxy groups -OCH3 is 1. The molecule has 2 atom stereocenters. The molecule has 7 nitrogen and oxygen atoms in total. The Bertz CT molecular complexity index is 909. The number of nitrogens with zero attached hydrogens (tertiary/aromatic N) is 3. The molecule has 1 N–H and O–H groups in total. The molecule has 2 fully saturated rings. The summed E-state index contributed by atoms with van der Waals surface area (Å²) in [5.41, 5.74) is 0.586. The van der Waals surface area contributed by atoms with Crippen molar-refractivity contribution < 1.29 is 14.3 Å². The maximum absolute atomic E-state index is 12.8. The molecule has 1 saturated heterocycles. The number of rotatable bonds is 6. The molecule has 1 aliphatic heterocycles. The van der Waals surface area contributed by atoms with Crippen molar-refractivity contribution in [3.8, 4) is 5.75 Å². The Labute approximate surface area is 168 Å². The number of anilines is 2. The molecule has 8 heteroatoms. The lowest BCUT2D eigenvalue weighted by Crippen LogP contribution is -2.29. The topological polar surface area (TPSA) is 76.5 Å². The van der Waals surface area contributed by atoms with Crippen molar-refractivity contribution in [2.75, 3.05) is 23.9 Å². The number of halogens is 1. The Morgan fingerprint density at radius 1 is 1.36 bits per heavy atom. The number of carbonyl (C=O) groups is 2. The summed E-state index contributed by atoms with van der Waals surface area (Å²) in [6, 6.07) is 7.16. The highest BCUT2D eigenvalue weighted by atomic mass is 35.5. The number of aromatic nitrogens is 2. The zero-order valence-corrected chi connectivity index (χ0v) is 16.6. The molecule has 2 unspecified atom stereocenters. The van der Waals surface area contributed by atoms with Gasteiger partial charge in [-0.2, -0.15) is 5.10 Å². The lowest BCUT2D eigenvalue weighted by Gasteiger charge is -2.20. The van der Waals surface area contributed by atoms with E-state index in [4.69, 9.17) is 16.3 Å². The van der Waals surface area contributed by atoms with Gasteiger partial charge in [0.1, 0.15) is 11.6 Å². The van der Waals surface area contributed by atoms with E-state index in [9.17, 15) is 9.59 Å². The standard InChI is InChI=1S/C20H23ClN4O3/c1-12(13-3-4-13)25-18(7-8-22-25)23-20(27)14-9-19(26)24(11-14)16-10-15(21)5-6-17(16)28-2/h5-8,10,12-14H,3-4,9,11H2,1-2H3,(H,23,27). The minimum absolute atomic E-state index is 0.124. The summed E-state index contributed by atoms with van der Waals surface area (Å²) >= 11 is 6.09. The molecule has 1 aromatic carbocycles. The molecule has 2 heterocycles. The van der Waals surface area contributed by atoms with E-state index in [-0.39, 0.29) is 30.8 Å². The van der Waals surface area contributed by atoms with E-state index in [0.717, 1.165) is 0 Å². The molecule has 2 amide bonds. The maximum Gasteiger partial charge on any atom is 0.230 e. The van der Waals surface area contributed by atoms with Crippen molar-refractivity contribution in [2.45, 2.75) is 32.2 Å². The van der Waals surface area contributed by atoms with Crippen LogP contribution in [-0.4, -0.2) is 35.2 Å². The number of carbonyl (C=O) groups excluding carboxylic acids is 2. The molecule has 1 aromatic heterocycles. The number of ether oxygens (including phenoxy) is 1. The second-order valence-electron chi connectivity index (χ2n) is 7.45. The summed E-state index contributed by atoms with van der Waals surface area (Å²) in [4.78, 5) is 27.0. The third kappa shape index (κ3) is 3.58. The van der Waals surface area contributed by atoms with E-state index in [1.165, 1.54) is 12.8 Å². The highest BCUT2D eigenvalue weighted by molar-refractivity contribution is 6.31. The third-order valence-electron chi connectivity index (χ3n) is 5.54. The fraction of sp³-hybridized carbons (Fsp3) is 0.450. The maximum atomic E-state index is 12.8. The summed E-state index contributed by atoms with van der Waals surface area (Å²) in [7, 11) is 1.54. The number of hydrogen-bond acceptors (Lipinski definition) is 4. The third-order valence-corrected chi connectivity index (χ3v) is 5.77. The van der Waals surface area contributed by atoms with Crippen molar-refractivity contribution in [1.29, 1.82) is 0 Å². The summed E-state index contributed by atoms with van der Waals surface area (Å²) in [5.74, 6) is 1.10. The van der Waals surface area contributed by atoms with Gasteiger partial charge in [-0.15, -0.1) is 0 Å². The zero-order valence-electron chi connectivity index (χ0n) is 15.9. The van der Waals surface area contributed by atoms with E-state index >= 15 is 0 Å². The molecule has 0 bridgehead atoms. The highest BCUT2D eigenvalue weighted by Gasteiger charge is 2.37. The first-order valence-corrected chi connectivity index (χ1v) is 9.84. The van der Waals surface area contributed by atoms with Crippen LogP contribution in [0.15, 0.2) is 30.5 Å². The first-order valence-electron chi connectivity index (χ1n) is 9.46. The molecule has 2 aliphatic rings. The van der Waals surface area contributed by atoms with Crippen LogP contribution in [0.5, 0.6) is 5.75 Å². The van der Waals surface area contributed by atoms with Crippen molar-refractivity contribution in [3.05, 3.63) is 35.5 Å². The Kier molecular flexibility index (Phi) is 5.02. The highest BCUT2D eigenvalue weighted by Crippen LogP contribution is 2.40. The van der Waals surface area contributed by atoms with Crippen molar-refractivity contribution >= 4 is 34.9 Å². The van der Waals surface area contributed by atoms with Gasteiger partial charge in [-0.25, -0.2) is 4.68 Å². The van der Waals surface area contributed by atoms with Gasteiger partial charge < -0.3 is 15.0 Å². The van der Waals surface area contributed by atoms with Crippen LogP contribution >= 0.6 is 11.6 Å². The summed E-state index contributed by atoms with van der Waals surface area (Å²) in [6.45, 7) is 2.40. The van der Waals surface area contributed by atoms with Crippen LogP contribution in [0, 0.1) is 11.8 Å². The molecule has 2 aromatic rings. The Hall–Kier alpha value is -2.54. The van der Waals surface area contributed by atoms with Crippen LogP contribution in [0.25, 0.3) is 0 Å². The molecule has 1 aliphatic carbocycles. The van der Waals surface area contributed by atoms with Gasteiger partial charge in [-0.05, 0) is 43.9 Å². The molecular weight excluding hydrogens is 380 g/mol. The van der Waals surface area contributed by atoms with E-state index in [2.05, 4.69) is 17.3 Å². The molecule has 0 spiro atoms. The van der Waals surface area contributed by atoms with E-state index in [0.29, 0.717) is 28.2 Å². The van der Waals surface area contributed by atoms with Crippen LogP contribution < -0.4 is 15.0 Å². The second-order valence-corrected chi connectivity index (χ2v) is 7.89. The van der Waals surface area contributed by atoms with Gasteiger partial charge in [0, 0.05) is 24.1 Å². The largest absolute Gasteiger partial charge is 0.495 e. The first kappa shape index (κ1) is 18.8. The van der Waals surface area contributed by atoms with E-state index in [1.54, 1.807) is 42.5 Å². The van der Waals surface area contributed by atoms with Crippen LogP contribution in [0.3, 0.4) is 0 Å². The summed E-state index contributed by atoms with van der Waals surface area (Å²) in [5, 5.41) is 7.82. The molecular formula is C20H23ClN4O3. The van der Waals surface area contributed by atoms with Gasteiger partial charge >= 0.3 is 0 Å². The van der Waals surface area contributed by atoms with Crippen molar-refractivity contribution in [2.24, 2.45) is 11.8 Å². The predicted octanol–water partition coefficient (Wildman–Crippen LogP) is 3.51. The quantitative estimate of drug-likeness (QED) is 0.802. The number of nitrogens with one attached hydrogen (secondary N) is 1. The Balaban J connectivity index is 1.48. The molecule has 1 saturated carbocycles. The van der Waals surface area contributed by atoms with Gasteiger partial charge in [0.2, 0.25) is 11.8 Å². The number of amides is 2. The monoisotopic (exact) mass is 402 g/mol. The van der Waals surface area contributed by atoms with Gasteiger partial charge in [0.05, 0.1) is 31.0 Å². The van der Waals surface area contributed by atoms with Crippen LogP contribution in [0.4, 0.5) is 11.5 Å². The second kappa shape index (κ2) is 7.47. The zero-order chi connectivity index (χ0) is 19.8. The van der Waals surface area contributed by atoms with E-state index in [1.807, 2.05) is 4.68 Å². The summed E-state index contributed by atoms with van der Waals surface area (Å²) < 4.78 is 7.21. The van der Waals surface area contributed by atoms with Gasteiger partial charge in [0.15, 0.2) is 0 Å². The molecule has 28 heavy (non-hydrogen) atoms. The molecule has 0 radical (unpaired) electrons. The van der Waals surface area contributed by atoms with Crippen LogP contribution in [0.2, 0.25) is 5.02 Å². The molecule has 4 rings (SSSR count). The van der Waals surface area contributed by atoms with Crippen LogP contribution in [0.1, 0.15) is 32.2 Å². The average molecular weight is 403 g/mol. The van der Waals surface area contributed by atoms with E-state index < -0.39 is 5.92 Å². The van der Waals surface area contributed by atoms with Crippen LogP contribution in [-0.2, 0) is 9.59 Å².